The number of methoxy groups -OCH3 is 2. The Kier molecular flexibility index (Phi) is 4.13. The lowest BCUT2D eigenvalue weighted by Crippen LogP contribution is -2.56. The number of nitrogens with one attached hydrogen (secondary N) is 1. The van der Waals surface area contributed by atoms with Gasteiger partial charge in [-0.25, -0.2) is 4.79 Å². The summed E-state index contributed by atoms with van der Waals surface area (Å²) in [6, 6.07) is 5.81. The number of amides is 1. The molecule has 7 heteroatoms. The number of ether oxygens (including phenoxy) is 3. The van der Waals surface area contributed by atoms with E-state index in [2.05, 4.69) is 17.1 Å². The average Bonchev–Trinajstić information content (AvgIpc) is 3.25. The Morgan fingerprint density at radius 1 is 1.34 bits per heavy atom. The van der Waals surface area contributed by atoms with Crippen LogP contribution in [0.5, 0.6) is 5.75 Å². The van der Waals surface area contributed by atoms with E-state index in [1.54, 1.807) is 13.4 Å². The molecule has 2 fully saturated rings. The van der Waals surface area contributed by atoms with Crippen molar-refractivity contribution in [3.8, 4) is 5.75 Å². The third-order valence-corrected chi connectivity index (χ3v) is 7.44. The second-order valence-corrected chi connectivity index (χ2v) is 8.51. The van der Waals surface area contributed by atoms with E-state index in [1.807, 2.05) is 18.2 Å². The molecular formula is C22H26N2O5. The summed E-state index contributed by atoms with van der Waals surface area (Å²) in [5.74, 6) is 0.682. The lowest BCUT2D eigenvalue weighted by Gasteiger charge is -2.48. The summed E-state index contributed by atoms with van der Waals surface area (Å²) in [5, 5.41) is 3.09. The van der Waals surface area contributed by atoms with Crippen LogP contribution in [-0.2, 0) is 24.5 Å². The van der Waals surface area contributed by atoms with Crippen LogP contribution in [0.25, 0.3) is 0 Å². The van der Waals surface area contributed by atoms with Crippen LogP contribution in [0.3, 0.4) is 0 Å². The normalized spacial score (nSPS) is 35.1. The van der Waals surface area contributed by atoms with Gasteiger partial charge < -0.3 is 19.5 Å². The molecule has 29 heavy (non-hydrogen) atoms. The number of esters is 1. The standard InChI is InChI=1S/C22H26N2O5/c1-12-15-10-24-7-6-22(17-8-13(27-2)4-5-18(17)23-21(22)26)19(24)9-14(15)16(11-29-12)20(25)28-3/h4-5,8,11-12,14-15,19H,6-7,9-10H2,1-3H3,(H,23,26). The number of hydrogen-bond acceptors (Lipinski definition) is 6. The minimum Gasteiger partial charge on any atom is -0.497 e. The summed E-state index contributed by atoms with van der Waals surface area (Å²) in [7, 11) is 3.04. The van der Waals surface area contributed by atoms with E-state index in [1.165, 1.54) is 7.11 Å². The molecule has 0 aromatic heterocycles. The highest BCUT2D eigenvalue weighted by Crippen LogP contribution is 2.54. The molecule has 0 bridgehead atoms. The molecule has 5 rings (SSSR count). The van der Waals surface area contributed by atoms with Gasteiger partial charge in [0.25, 0.3) is 0 Å². The summed E-state index contributed by atoms with van der Waals surface area (Å²) in [4.78, 5) is 28.1. The Labute approximate surface area is 170 Å². The second kappa shape index (κ2) is 6.49. The molecule has 154 valence electrons. The molecule has 7 nitrogen and oxygen atoms in total. The molecule has 1 spiro atoms. The number of benzene rings is 1. The first-order valence-corrected chi connectivity index (χ1v) is 10.2. The van der Waals surface area contributed by atoms with Crippen LogP contribution in [0.15, 0.2) is 30.0 Å². The third-order valence-electron chi connectivity index (χ3n) is 7.44. The summed E-state index contributed by atoms with van der Waals surface area (Å²) in [5.41, 5.74) is 1.85. The van der Waals surface area contributed by atoms with E-state index < -0.39 is 5.41 Å². The number of fused-ring (bicyclic) bond motifs is 5. The first-order valence-electron chi connectivity index (χ1n) is 10.2. The highest BCUT2D eigenvalue weighted by molar-refractivity contribution is 6.07. The van der Waals surface area contributed by atoms with E-state index in [9.17, 15) is 9.59 Å². The maximum atomic E-state index is 13.3. The Morgan fingerprint density at radius 3 is 2.93 bits per heavy atom. The molecule has 0 saturated carbocycles. The fraction of sp³-hybridized carbons (Fsp3) is 0.545. The Balaban J connectivity index is 1.56. The Hall–Kier alpha value is -2.54. The van der Waals surface area contributed by atoms with Gasteiger partial charge in [0.1, 0.15) is 5.75 Å². The van der Waals surface area contributed by atoms with Crippen molar-refractivity contribution < 1.29 is 23.8 Å². The molecule has 2 saturated heterocycles. The summed E-state index contributed by atoms with van der Waals surface area (Å²) < 4.78 is 16.2. The second-order valence-electron chi connectivity index (χ2n) is 8.51. The van der Waals surface area contributed by atoms with Crippen LogP contribution >= 0.6 is 0 Å². The molecule has 0 aliphatic carbocycles. The topological polar surface area (TPSA) is 77.1 Å². The minimum atomic E-state index is -0.613. The van der Waals surface area contributed by atoms with Gasteiger partial charge >= 0.3 is 5.97 Å². The van der Waals surface area contributed by atoms with Gasteiger partial charge in [-0.2, -0.15) is 0 Å². The number of carbonyl (C=O) groups is 2. The zero-order valence-electron chi connectivity index (χ0n) is 16.9. The number of rotatable bonds is 2. The molecule has 1 amide bonds. The predicted molar refractivity (Wildman–Crippen MR) is 106 cm³/mol. The summed E-state index contributed by atoms with van der Waals surface area (Å²) in [6.07, 6.45) is 3.08. The van der Waals surface area contributed by atoms with Crippen molar-refractivity contribution in [1.29, 1.82) is 0 Å². The zero-order chi connectivity index (χ0) is 20.3. The van der Waals surface area contributed by atoms with E-state index >= 15 is 0 Å². The van der Waals surface area contributed by atoms with Crippen LogP contribution in [0.4, 0.5) is 5.69 Å². The predicted octanol–water partition coefficient (Wildman–Crippen LogP) is 2.07. The molecule has 4 heterocycles. The van der Waals surface area contributed by atoms with Crippen LogP contribution < -0.4 is 10.1 Å². The molecule has 0 radical (unpaired) electrons. The van der Waals surface area contributed by atoms with Crippen molar-refractivity contribution >= 4 is 17.6 Å². The van der Waals surface area contributed by atoms with Gasteiger partial charge in [-0.05, 0) is 50.1 Å². The van der Waals surface area contributed by atoms with E-state index in [4.69, 9.17) is 14.2 Å². The van der Waals surface area contributed by atoms with Gasteiger partial charge in [-0.1, -0.05) is 0 Å². The molecule has 1 aromatic rings. The zero-order valence-corrected chi connectivity index (χ0v) is 16.9. The van der Waals surface area contributed by atoms with Gasteiger partial charge in [0.2, 0.25) is 5.91 Å². The highest BCUT2D eigenvalue weighted by atomic mass is 16.5. The van der Waals surface area contributed by atoms with Crippen molar-refractivity contribution in [3.05, 3.63) is 35.6 Å². The molecule has 1 aromatic carbocycles. The first-order chi connectivity index (χ1) is 14.0. The fourth-order valence-corrected chi connectivity index (χ4v) is 5.92. The van der Waals surface area contributed by atoms with Crippen molar-refractivity contribution in [2.45, 2.75) is 37.3 Å². The van der Waals surface area contributed by atoms with Crippen LogP contribution in [-0.4, -0.2) is 56.2 Å². The van der Waals surface area contributed by atoms with Gasteiger partial charge in [0.15, 0.2) is 0 Å². The van der Waals surface area contributed by atoms with Gasteiger partial charge in [-0.15, -0.1) is 0 Å². The van der Waals surface area contributed by atoms with Crippen LogP contribution in [0.2, 0.25) is 0 Å². The maximum absolute atomic E-state index is 13.3. The molecule has 5 unspecified atom stereocenters. The largest absolute Gasteiger partial charge is 0.497 e. The van der Waals surface area contributed by atoms with E-state index in [-0.39, 0.29) is 35.9 Å². The van der Waals surface area contributed by atoms with Crippen LogP contribution in [0.1, 0.15) is 25.3 Å². The monoisotopic (exact) mass is 398 g/mol. The minimum absolute atomic E-state index is 0.0184. The van der Waals surface area contributed by atoms with E-state index in [0.29, 0.717) is 5.57 Å². The quantitative estimate of drug-likeness (QED) is 0.769. The first kappa shape index (κ1) is 18.5. The maximum Gasteiger partial charge on any atom is 0.337 e. The number of carbonyl (C=O) groups excluding carboxylic acids is 2. The lowest BCUT2D eigenvalue weighted by molar-refractivity contribution is -0.139. The van der Waals surface area contributed by atoms with Crippen LogP contribution in [0, 0.1) is 11.8 Å². The average molecular weight is 398 g/mol. The van der Waals surface area contributed by atoms with Crippen molar-refractivity contribution in [1.82, 2.24) is 4.90 Å². The molecule has 5 atom stereocenters. The smallest absolute Gasteiger partial charge is 0.337 e. The third kappa shape index (κ3) is 2.46. The molecule has 4 aliphatic rings. The molecule has 4 aliphatic heterocycles. The van der Waals surface area contributed by atoms with Gasteiger partial charge in [0, 0.05) is 30.1 Å². The number of hydrogen-bond donors (Lipinski definition) is 1. The SMILES string of the molecule is COC(=O)C1=COC(C)C2CN3CCC4(C(=O)Nc5ccc(OC)cc54)C3CC12. The number of anilines is 1. The van der Waals surface area contributed by atoms with E-state index in [0.717, 1.165) is 42.9 Å². The van der Waals surface area contributed by atoms with Gasteiger partial charge in [-0.3, -0.25) is 9.69 Å². The summed E-state index contributed by atoms with van der Waals surface area (Å²) >= 11 is 0. The van der Waals surface area contributed by atoms with Crippen molar-refractivity contribution in [2.75, 3.05) is 32.6 Å². The summed E-state index contributed by atoms with van der Waals surface area (Å²) in [6.45, 7) is 3.71. The highest BCUT2D eigenvalue weighted by Gasteiger charge is 2.61. The lowest BCUT2D eigenvalue weighted by atomic mass is 9.66. The Morgan fingerprint density at radius 2 is 2.17 bits per heavy atom. The number of piperidine rings is 1. The molecule has 1 N–H and O–H groups in total. The van der Waals surface area contributed by atoms with Crippen molar-refractivity contribution in [3.63, 3.8) is 0 Å². The van der Waals surface area contributed by atoms with Crippen molar-refractivity contribution in [2.24, 2.45) is 11.8 Å². The number of nitrogens with zero attached hydrogens (tertiary/aromatic N) is 1. The van der Waals surface area contributed by atoms with Gasteiger partial charge in [0.05, 0.1) is 37.6 Å². The molecular weight excluding hydrogens is 372 g/mol. The fourth-order valence-electron chi connectivity index (χ4n) is 5.92. The Bertz CT molecular complexity index is 912.